The summed E-state index contributed by atoms with van der Waals surface area (Å²) in [5.41, 5.74) is 4.99. The maximum atomic E-state index is 11.5. The van der Waals surface area contributed by atoms with Crippen molar-refractivity contribution in [2.45, 2.75) is 44.6 Å². The van der Waals surface area contributed by atoms with Gasteiger partial charge in [-0.2, -0.15) is 5.10 Å². The van der Waals surface area contributed by atoms with E-state index in [1.165, 1.54) is 16.8 Å². The number of nitrogens with zero attached hydrogens (tertiary/aromatic N) is 3. The van der Waals surface area contributed by atoms with Crippen molar-refractivity contribution in [1.82, 2.24) is 14.7 Å². The summed E-state index contributed by atoms with van der Waals surface area (Å²) in [6.45, 7) is 4.07. The highest BCUT2D eigenvalue weighted by Crippen LogP contribution is 2.36. The lowest BCUT2D eigenvalue weighted by Gasteiger charge is -2.31. The number of anilines is 1. The van der Waals surface area contributed by atoms with E-state index in [2.05, 4.69) is 40.5 Å². The van der Waals surface area contributed by atoms with Crippen LogP contribution in [0.1, 0.15) is 58.8 Å². The van der Waals surface area contributed by atoms with Crippen molar-refractivity contribution >= 4 is 11.8 Å². The van der Waals surface area contributed by atoms with Crippen LogP contribution >= 0.6 is 0 Å². The fourth-order valence-electron chi connectivity index (χ4n) is 5.02. The van der Waals surface area contributed by atoms with Crippen LogP contribution in [0.2, 0.25) is 0 Å². The van der Waals surface area contributed by atoms with E-state index >= 15 is 0 Å². The molecule has 2 aliphatic rings. The number of hydrogen-bond acceptors (Lipinski definition) is 4. The SMILES string of the molecule is O=C(O)c1cccc(-n2nc(C3CCN(Cc4ccccc4)CC3)c3c2NCCCC3)c1. The van der Waals surface area contributed by atoms with Gasteiger partial charge in [0, 0.05) is 24.6 Å². The van der Waals surface area contributed by atoms with Crippen molar-refractivity contribution in [2.24, 2.45) is 0 Å². The molecule has 0 aliphatic carbocycles. The maximum Gasteiger partial charge on any atom is 0.335 e. The molecule has 2 N–H and O–H groups in total. The number of likely N-dealkylation sites (tertiary alicyclic amines) is 1. The van der Waals surface area contributed by atoms with Crippen LogP contribution in [0.3, 0.4) is 0 Å². The van der Waals surface area contributed by atoms with Gasteiger partial charge in [0.25, 0.3) is 0 Å². The van der Waals surface area contributed by atoms with Crippen LogP contribution in [0.5, 0.6) is 0 Å². The summed E-state index contributed by atoms with van der Waals surface area (Å²) in [4.78, 5) is 14.0. The minimum atomic E-state index is -0.913. The smallest absolute Gasteiger partial charge is 0.335 e. The number of hydrogen-bond donors (Lipinski definition) is 2. The number of aromatic carboxylic acids is 1. The van der Waals surface area contributed by atoms with Gasteiger partial charge in [-0.3, -0.25) is 4.90 Å². The van der Waals surface area contributed by atoms with Crippen molar-refractivity contribution in [1.29, 1.82) is 0 Å². The predicted molar refractivity (Wildman–Crippen MR) is 126 cm³/mol. The molecule has 1 saturated heterocycles. The molecule has 6 nitrogen and oxygen atoms in total. The fourth-order valence-corrected chi connectivity index (χ4v) is 5.02. The molecule has 5 rings (SSSR count). The maximum absolute atomic E-state index is 11.5. The lowest BCUT2D eigenvalue weighted by molar-refractivity contribution is 0.0697. The monoisotopic (exact) mass is 430 g/mol. The Balaban J connectivity index is 1.40. The summed E-state index contributed by atoms with van der Waals surface area (Å²) in [5, 5.41) is 18.1. The van der Waals surface area contributed by atoms with Crippen molar-refractivity contribution in [3.63, 3.8) is 0 Å². The molecule has 0 saturated carbocycles. The lowest BCUT2D eigenvalue weighted by Crippen LogP contribution is -2.32. The van der Waals surface area contributed by atoms with E-state index in [0.717, 1.165) is 69.8 Å². The van der Waals surface area contributed by atoms with Crippen LogP contribution in [0.15, 0.2) is 54.6 Å². The number of carbonyl (C=O) groups is 1. The molecule has 1 aromatic heterocycles. The van der Waals surface area contributed by atoms with Crippen molar-refractivity contribution in [3.05, 3.63) is 77.0 Å². The first-order valence-corrected chi connectivity index (χ1v) is 11.6. The first-order chi connectivity index (χ1) is 15.7. The zero-order chi connectivity index (χ0) is 21.9. The van der Waals surface area contributed by atoms with Gasteiger partial charge in [0.15, 0.2) is 0 Å². The molecule has 0 spiro atoms. The van der Waals surface area contributed by atoms with Gasteiger partial charge in [0.05, 0.1) is 16.9 Å². The molecule has 3 heterocycles. The van der Waals surface area contributed by atoms with Gasteiger partial charge in [0.2, 0.25) is 0 Å². The van der Waals surface area contributed by atoms with Crippen LogP contribution in [0, 0.1) is 0 Å². The van der Waals surface area contributed by atoms with Gasteiger partial charge >= 0.3 is 5.97 Å². The number of carboxylic acids is 1. The molecule has 0 bridgehead atoms. The summed E-state index contributed by atoms with van der Waals surface area (Å²) in [6, 6.07) is 17.8. The first kappa shape index (κ1) is 20.8. The second kappa shape index (κ2) is 9.17. The van der Waals surface area contributed by atoms with E-state index in [9.17, 15) is 9.90 Å². The third kappa shape index (κ3) is 4.28. The van der Waals surface area contributed by atoms with Crippen molar-refractivity contribution in [3.8, 4) is 5.69 Å². The molecule has 1 fully saturated rings. The molecular weight excluding hydrogens is 400 g/mol. The van der Waals surface area contributed by atoms with Gasteiger partial charge in [0.1, 0.15) is 5.82 Å². The number of nitrogens with one attached hydrogen (secondary N) is 1. The van der Waals surface area contributed by atoms with Gasteiger partial charge in [-0.1, -0.05) is 36.4 Å². The molecule has 0 atom stereocenters. The van der Waals surface area contributed by atoms with E-state index in [1.807, 2.05) is 10.7 Å². The summed E-state index contributed by atoms with van der Waals surface area (Å²) in [6.07, 6.45) is 5.52. The zero-order valence-corrected chi connectivity index (χ0v) is 18.3. The van der Waals surface area contributed by atoms with Gasteiger partial charge < -0.3 is 10.4 Å². The molecule has 32 heavy (non-hydrogen) atoms. The molecule has 0 amide bonds. The molecule has 3 aromatic rings. The quantitative estimate of drug-likeness (QED) is 0.614. The Hall–Kier alpha value is -3.12. The van der Waals surface area contributed by atoms with Crippen molar-refractivity contribution in [2.75, 3.05) is 25.0 Å². The first-order valence-electron chi connectivity index (χ1n) is 11.6. The van der Waals surface area contributed by atoms with Crippen LogP contribution in [-0.2, 0) is 13.0 Å². The number of benzene rings is 2. The predicted octanol–water partition coefficient (Wildman–Crippen LogP) is 4.70. The Morgan fingerprint density at radius 3 is 2.66 bits per heavy atom. The number of carboxylic acid groups (broad SMARTS) is 1. The number of fused-ring (bicyclic) bond motifs is 1. The Labute approximate surface area is 188 Å². The van der Waals surface area contributed by atoms with Gasteiger partial charge in [-0.15, -0.1) is 0 Å². The van der Waals surface area contributed by atoms with E-state index in [4.69, 9.17) is 5.10 Å². The lowest BCUT2D eigenvalue weighted by atomic mass is 9.90. The third-order valence-corrected chi connectivity index (χ3v) is 6.72. The molecular formula is C26H30N4O2. The zero-order valence-electron chi connectivity index (χ0n) is 18.3. The minimum absolute atomic E-state index is 0.288. The molecule has 166 valence electrons. The largest absolute Gasteiger partial charge is 0.478 e. The van der Waals surface area contributed by atoms with Crippen LogP contribution in [0.25, 0.3) is 5.69 Å². The van der Waals surface area contributed by atoms with Gasteiger partial charge in [-0.05, 0) is 69.0 Å². The standard InChI is InChI=1S/C26H30N4O2/c31-26(32)21-9-6-10-22(17-21)30-25-23(11-4-5-14-27-25)24(28-30)20-12-15-29(16-13-20)18-19-7-2-1-3-8-19/h1-3,6-10,17,20,27H,4-5,11-16,18H2,(H,31,32). The Kier molecular flexibility index (Phi) is 5.95. The summed E-state index contributed by atoms with van der Waals surface area (Å²) in [7, 11) is 0. The Bertz CT molecular complexity index is 1080. The second-order valence-electron chi connectivity index (χ2n) is 8.90. The van der Waals surface area contributed by atoms with Gasteiger partial charge in [-0.25, -0.2) is 9.48 Å². The molecule has 0 radical (unpaired) electrons. The summed E-state index contributed by atoms with van der Waals surface area (Å²) in [5.74, 6) is 0.579. The number of aromatic nitrogens is 2. The fraction of sp³-hybridized carbons (Fsp3) is 0.385. The molecule has 2 aromatic carbocycles. The average Bonchev–Trinajstić information content (AvgIpc) is 3.01. The number of rotatable bonds is 5. The van der Waals surface area contributed by atoms with E-state index in [0.29, 0.717) is 5.92 Å². The van der Waals surface area contributed by atoms with Crippen LogP contribution in [-0.4, -0.2) is 45.4 Å². The van der Waals surface area contributed by atoms with Crippen molar-refractivity contribution < 1.29 is 9.90 Å². The average molecular weight is 431 g/mol. The van der Waals surface area contributed by atoms with Crippen LogP contribution in [0.4, 0.5) is 5.82 Å². The normalized spacial score (nSPS) is 17.4. The Morgan fingerprint density at radius 1 is 1.06 bits per heavy atom. The van der Waals surface area contributed by atoms with Crippen LogP contribution < -0.4 is 5.32 Å². The van der Waals surface area contributed by atoms with E-state index in [1.54, 1.807) is 18.2 Å². The highest BCUT2D eigenvalue weighted by atomic mass is 16.4. The molecule has 2 aliphatic heterocycles. The number of piperidine rings is 1. The summed E-state index contributed by atoms with van der Waals surface area (Å²) >= 11 is 0. The molecule has 0 unspecified atom stereocenters. The third-order valence-electron chi connectivity index (χ3n) is 6.72. The molecule has 6 heteroatoms. The highest BCUT2D eigenvalue weighted by molar-refractivity contribution is 5.88. The Morgan fingerprint density at radius 2 is 1.88 bits per heavy atom. The topological polar surface area (TPSA) is 70.4 Å². The minimum Gasteiger partial charge on any atom is -0.478 e. The summed E-state index contributed by atoms with van der Waals surface area (Å²) < 4.78 is 1.94. The second-order valence-corrected chi connectivity index (χ2v) is 8.90. The highest BCUT2D eigenvalue weighted by Gasteiger charge is 2.29. The van der Waals surface area contributed by atoms with E-state index < -0.39 is 5.97 Å². The van der Waals surface area contributed by atoms with E-state index in [-0.39, 0.29) is 5.56 Å².